The average Bonchev–Trinajstić information content (AvgIpc) is 2.29. The van der Waals surface area contributed by atoms with Crippen LogP contribution in [0.2, 0.25) is 0 Å². The molecule has 0 spiro atoms. The van der Waals surface area contributed by atoms with Crippen LogP contribution in [0.3, 0.4) is 0 Å². The lowest BCUT2D eigenvalue weighted by Gasteiger charge is -2.04. The van der Waals surface area contributed by atoms with Gasteiger partial charge in [-0.3, -0.25) is 0 Å². The van der Waals surface area contributed by atoms with Gasteiger partial charge in [0.25, 0.3) is 0 Å². The van der Waals surface area contributed by atoms with Gasteiger partial charge in [-0.2, -0.15) is 11.8 Å². The Morgan fingerprint density at radius 3 is 2.71 bits per heavy atom. The van der Waals surface area contributed by atoms with E-state index in [-0.39, 0.29) is 16.2 Å². The summed E-state index contributed by atoms with van der Waals surface area (Å²) in [7, 11) is -3.37. The van der Waals surface area contributed by atoms with Crippen molar-refractivity contribution >= 4 is 27.6 Å². The third-order valence-electron chi connectivity index (χ3n) is 2.14. The Morgan fingerprint density at radius 2 is 2.12 bits per heavy atom. The molecule has 0 aliphatic rings. The van der Waals surface area contributed by atoms with Crippen molar-refractivity contribution in [2.75, 3.05) is 17.3 Å². The molecule has 0 saturated heterocycles. The molecule has 94 valence electrons. The van der Waals surface area contributed by atoms with Crippen LogP contribution >= 0.6 is 11.8 Å². The maximum atomic E-state index is 11.9. The number of hydrogen-bond donors (Lipinski definition) is 1. The van der Waals surface area contributed by atoms with E-state index >= 15 is 0 Å². The Kier molecular flexibility index (Phi) is 5.02. The van der Waals surface area contributed by atoms with Crippen molar-refractivity contribution in [1.29, 1.82) is 0 Å². The molecule has 1 aromatic carbocycles. The Morgan fingerprint density at radius 1 is 1.41 bits per heavy atom. The van der Waals surface area contributed by atoms with Crippen molar-refractivity contribution in [1.82, 2.24) is 0 Å². The molecule has 4 nitrogen and oxygen atoms in total. The van der Waals surface area contributed by atoms with Crippen LogP contribution in [0.5, 0.6) is 0 Å². The summed E-state index contributed by atoms with van der Waals surface area (Å²) in [4.78, 5) is 10.8. The van der Waals surface area contributed by atoms with Gasteiger partial charge in [-0.25, -0.2) is 13.2 Å². The molecular formula is C11H14O4S2. The molecule has 17 heavy (non-hydrogen) atoms. The molecule has 0 unspecified atom stereocenters. The summed E-state index contributed by atoms with van der Waals surface area (Å²) in [6.45, 7) is 1.96. The molecule has 0 saturated carbocycles. The van der Waals surface area contributed by atoms with Gasteiger partial charge in [-0.05, 0) is 24.0 Å². The maximum absolute atomic E-state index is 11.9. The molecule has 0 bridgehead atoms. The largest absolute Gasteiger partial charge is 0.478 e. The van der Waals surface area contributed by atoms with Crippen molar-refractivity contribution in [3.63, 3.8) is 0 Å². The van der Waals surface area contributed by atoms with Crippen molar-refractivity contribution in [2.45, 2.75) is 11.8 Å². The van der Waals surface area contributed by atoms with E-state index in [1.807, 2.05) is 6.92 Å². The number of carboxylic acids is 1. The summed E-state index contributed by atoms with van der Waals surface area (Å²) in [5.74, 6) is 0.306. The Bertz CT molecular complexity index is 494. The van der Waals surface area contributed by atoms with Gasteiger partial charge in [-0.15, -0.1) is 0 Å². The average molecular weight is 274 g/mol. The van der Waals surface area contributed by atoms with E-state index in [2.05, 4.69) is 0 Å². The van der Waals surface area contributed by atoms with E-state index in [1.165, 1.54) is 24.3 Å². The lowest BCUT2D eigenvalue weighted by molar-refractivity contribution is 0.0696. The van der Waals surface area contributed by atoms with Gasteiger partial charge >= 0.3 is 5.97 Å². The highest BCUT2D eigenvalue weighted by Crippen LogP contribution is 2.15. The number of carboxylic acid groups (broad SMARTS) is 1. The fraction of sp³-hybridized carbons (Fsp3) is 0.364. The number of rotatable bonds is 6. The van der Waals surface area contributed by atoms with Crippen molar-refractivity contribution in [3.05, 3.63) is 29.8 Å². The number of sulfone groups is 1. The van der Waals surface area contributed by atoms with Gasteiger partial charge < -0.3 is 5.11 Å². The minimum absolute atomic E-state index is 0.00535. The molecule has 1 rings (SSSR count). The number of benzene rings is 1. The van der Waals surface area contributed by atoms with E-state index in [0.717, 1.165) is 5.75 Å². The summed E-state index contributed by atoms with van der Waals surface area (Å²) < 4.78 is 23.8. The molecule has 0 heterocycles. The van der Waals surface area contributed by atoms with Crippen LogP contribution in [0.1, 0.15) is 17.3 Å². The van der Waals surface area contributed by atoms with Crippen LogP contribution < -0.4 is 0 Å². The first kappa shape index (κ1) is 14.1. The van der Waals surface area contributed by atoms with Gasteiger partial charge in [0, 0.05) is 5.75 Å². The first-order chi connectivity index (χ1) is 7.97. The van der Waals surface area contributed by atoms with Gasteiger partial charge in [0.1, 0.15) is 0 Å². The highest BCUT2D eigenvalue weighted by Gasteiger charge is 2.15. The summed E-state index contributed by atoms with van der Waals surface area (Å²) in [5.41, 5.74) is -0.00535. The fourth-order valence-electron chi connectivity index (χ4n) is 1.25. The Labute approximate surface area is 105 Å². The second-order valence-corrected chi connectivity index (χ2v) is 6.85. The SMILES string of the molecule is CCSCCS(=O)(=O)c1cccc(C(=O)O)c1. The van der Waals surface area contributed by atoms with Crippen LogP contribution in [0, 0.1) is 0 Å². The molecule has 0 amide bonds. The minimum atomic E-state index is -3.37. The van der Waals surface area contributed by atoms with Gasteiger partial charge in [0.05, 0.1) is 16.2 Å². The second kappa shape index (κ2) is 6.07. The molecule has 1 N–H and O–H groups in total. The first-order valence-corrected chi connectivity index (χ1v) is 7.92. The predicted molar refractivity (Wildman–Crippen MR) is 68.5 cm³/mol. The van der Waals surface area contributed by atoms with Gasteiger partial charge in [-0.1, -0.05) is 13.0 Å². The zero-order chi connectivity index (χ0) is 12.9. The van der Waals surface area contributed by atoms with Crippen molar-refractivity contribution < 1.29 is 18.3 Å². The predicted octanol–water partition coefficient (Wildman–Crippen LogP) is 1.91. The standard InChI is InChI=1S/C11H14O4S2/c1-2-16-6-7-17(14,15)10-5-3-4-9(8-10)11(12)13/h3-5,8H,2,6-7H2,1H3,(H,12,13). The number of hydrogen-bond acceptors (Lipinski definition) is 4. The first-order valence-electron chi connectivity index (χ1n) is 5.11. The summed E-state index contributed by atoms with van der Waals surface area (Å²) >= 11 is 1.54. The van der Waals surface area contributed by atoms with Crippen molar-refractivity contribution in [3.8, 4) is 0 Å². The van der Waals surface area contributed by atoms with E-state index in [4.69, 9.17) is 5.11 Å². The molecule has 0 fully saturated rings. The fourth-order valence-corrected chi connectivity index (χ4v) is 3.72. The zero-order valence-corrected chi connectivity index (χ0v) is 11.1. The highest BCUT2D eigenvalue weighted by atomic mass is 32.2. The number of aromatic carboxylic acids is 1. The Hall–Kier alpha value is -1.01. The lowest BCUT2D eigenvalue weighted by Crippen LogP contribution is -2.10. The Balaban J connectivity index is 2.91. The zero-order valence-electron chi connectivity index (χ0n) is 9.42. The minimum Gasteiger partial charge on any atom is -0.478 e. The van der Waals surface area contributed by atoms with Crippen LogP contribution in [0.4, 0.5) is 0 Å². The smallest absolute Gasteiger partial charge is 0.335 e. The van der Waals surface area contributed by atoms with Crippen molar-refractivity contribution in [2.24, 2.45) is 0 Å². The van der Waals surface area contributed by atoms with Gasteiger partial charge in [0.15, 0.2) is 9.84 Å². The molecular weight excluding hydrogens is 260 g/mol. The molecule has 1 aromatic rings. The third kappa shape index (κ3) is 4.05. The number of carbonyl (C=O) groups is 1. The normalized spacial score (nSPS) is 11.4. The summed E-state index contributed by atoms with van der Waals surface area (Å²) in [6.07, 6.45) is 0. The van der Waals surface area contributed by atoms with E-state index < -0.39 is 15.8 Å². The molecule has 0 aromatic heterocycles. The van der Waals surface area contributed by atoms with E-state index in [9.17, 15) is 13.2 Å². The van der Waals surface area contributed by atoms with Crippen LogP contribution in [0.25, 0.3) is 0 Å². The monoisotopic (exact) mass is 274 g/mol. The summed E-state index contributed by atoms with van der Waals surface area (Å²) in [5, 5.41) is 8.79. The topological polar surface area (TPSA) is 71.4 Å². The third-order valence-corrected chi connectivity index (χ3v) is 5.01. The molecule has 6 heteroatoms. The maximum Gasteiger partial charge on any atom is 0.335 e. The highest BCUT2D eigenvalue weighted by molar-refractivity contribution is 8.00. The lowest BCUT2D eigenvalue weighted by atomic mass is 10.2. The van der Waals surface area contributed by atoms with Crippen LogP contribution in [0.15, 0.2) is 29.2 Å². The number of thioether (sulfide) groups is 1. The molecule has 0 radical (unpaired) electrons. The van der Waals surface area contributed by atoms with E-state index in [0.29, 0.717) is 5.75 Å². The van der Waals surface area contributed by atoms with Crippen LogP contribution in [-0.2, 0) is 9.84 Å². The molecule has 0 aliphatic carbocycles. The second-order valence-electron chi connectivity index (χ2n) is 3.35. The quantitative estimate of drug-likeness (QED) is 0.802. The molecule has 0 atom stereocenters. The summed E-state index contributed by atoms with van der Waals surface area (Å²) in [6, 6.07) is 5.46. The van der Waals surface area contributed by atoms with Gasteiger partial charge in [0.2, 0.25) is 0 Å². The van der Waals surface area contributed by atoms with E-state index in [1.54, 1.807) is 11.8 Å². The molecule has 0 aliphatic heterocycles. The van der Waals surface area contributed by atoms with Crippen LogP contribution in [-0.4, -0.2) is 36.8 Å².